The molecule has 0 amide bonds. The average molecular weight is 479 g/mol. The summed E-state index contributed by atoms with van der Waals surface area (Å²) in [5.41, 5.74) is 1.72. The van der Waals surface area contributed by atoms with Crippen molar-refractivity contribution < 1.29 is 4.74 Å². The van der Waals surface area contributed by atoms with E-state index in [4.69, 9.17) is 9.72 Å². The van der Waals surface area contributed by atoms with Gasteiger partial charge in [-0.1, -0.05) is 47.1 Å². The molecule has 4 nitrogen and oxygen atoms in total. The molecular formula is C21H23BrN2O2S2. The molecule has 0 radical (unpaired) electrons. The van der Waals surface area contributed by atoms with Crippen molar-refractivity contribution in [2.24, 2.45) is 0 Å². The standard InChI is InChI=1S/C21H23BrN2O2S2/c1-4-5-9-27-20-23-18-17(15-11-21(2,3)26-12-16(15)28-18)19(25)24(20)14-8-6-7-13(22)10-14/h6-8,10H,4-5,9,11-12H2,1-3H3. The highest BCUT2D eigenvalue weighted by Crippen LogP contribution is 2.38. The number of nitrogens with zero attached hydrogens (tertiary/aromatic N) is 2. The average Bonchev–Trinajstić information content (AvgIpc) is 2.98. The van der Waals surface area contributed by atoms with Gasteiger partial charge in [0.1, 0.15) is 4.83 Å². The lowest BCUT2D eigenvalue weighted by molar-refractivity contribution is -0.0379. The predicted octanol–water partition coefficient (Wildman–Crippen LogP) is 5.95. The van der Waals surface area contributed by atoms with Crippen molar-refractivity contribution in [3.05, 3.63) is 49.5 Å². The van der Waals surface area contributed by atoms with Gasteiger partial charge in [-0.25, -0.2) is 4.98 Å². The lowest BCUT2D eigenvalue weighted by Crippen LogP contribution is -2.32. The van der Waals surface area contributed by atoms with E-state index in [1.54, 1.807) is 27.7 Å². The highest BCUT2D eigenvalue weighted by atomic mass is 79.9. The lowest BCUT2D eigenvalue weighted by Gasteiger charge is -2.29. The first-order chi connectivity index (χ1) is 13.4. The van der Waals surface area contributed by atoms with Gasteiger partial charge in [-0.2, -0.15) is 0 Å². The van der Waals surface area contributed by atoms with Crippen LogP contribution in [0.1, 0.15) is 44.1 Å². The van der Waals surface area contributed by atoms with Gasteiger partial charge >= 0.3 is 0 Å². The van der Waals surface area contributed by atoms with Crippen LogP contribution in [0.5, 0.6) is 0 Å². The molecule has 0 fully saturated rings. The summed E-state index contributed by atoms with van der Waals surface area (Å²) in [6.45, 7) is 6.88. The molecule has 1 aliphatic heterocycles. The van der Waals surface area contributed by atoms with Gasteiger partial charge in [0.05, 0.1) is 23.3 Å². The molecule has 0 spiro atoms. The third kappa shape index (κ3) is 3.82. The maximum atomic E-state index is 13.7. The minimum atomic E-state index is -0.261. The number of halogens is 1. The molecule has 148 valence electrons. The van der Waals surface area contributed by atoms with E-state index in [-0.39, 0.29) is 11.2 Å². The second-order valence-electron chi connectivity index (χ2n) is 7.63. The van der Waals surface area contributed by atoms with Crippen LogP contribution in [0.2, 0.25) is 0 Å². The Morgan fingerprint density at radius 1 is 1.39 bits per heavy atom. The highest BCUT2D eigenvalue weighted by molar-refractivity contribution is 9.10. The second kappa shape index (κ2) is 7.94. The van der Waals surface area contributed by atoms with E-state index >= 15 is 0 Å². The number of rotatable bonds is 5. The zero-order valence-corrected chi connectivity index (χ0v) is 19.5. The van der Waals surface area contributed by atoms with Crippen LogP contribution in [0.25, 0.3) is 15.9 Å². The molecule has 4 rings (SSSR count). The largest absolute Gasteiger partial charge is 0.370 e. The van der Waals surface area contributed by atoms with Gasteiger partial charge < -0.3 is 4.74 Å². The van der Waals surface area contributed by atoms with Crippen molar-refractivity contribution in [1.29, 1.82) is 0 Å². The van der Waals surface area contributed by atoms with Crippen LogP contribution in [0.15, 0.2) is 38.7 Å². The highest BCUT2D eigenvalue weighted by Gasteiger charge is 2.31. The van der Waals surface area contributed by atoms with Crippen LogP contribution in [0, 0.1) is 0 Å². The number of thiophene rings is 1. The molecule has 0 unspecified atom stereocenters. The number of aromatic nitrogens is 2. The molecule has 0 N–H and O–H groups in total. The number of fused-ring (bicyclic) bond motifs is 3. The fourth-order valence-corrected chi connectivity index (χ4v) is 6.05. The fourth-order valence-electron chi connectivity index (χ4n) is 3.42. The SMILES string of the molecule is CCCCSc1nc2sc3c(c2c(=O)n1-c1cccc(Br)c1)CC(C)(C)OC3. The molecule has 1 aliphatic rings. The van der Waals surface area contributed by atoms with E-state index in [9.17, 15) is 4.79 Å². The van der Waals surface area contributed by atoms with Crippen LogP contribution in [0.4, 0.5) is 0 Å². The van der Waals surface area contributed by atoms with Gasteiger partial charge in [-0.15, -0.1) is 11.3 Å². The third-order valence-corrected chi connectivity index (χ3v) is 7.49. The van der Waals surface area contributed by atoms with Gasteiger partial charge in [0.2, 0.25) is 0 Å². The van der Waals surface area contributed by atoms with Crippen molar-refractivity contribution in [1.82, 2.24) is 9.55 Å². The Morgan fingerprint density at radius 2 is 2.21 bits per heavy atom. The van der Waals surface area contributed by atoms with Crippen molar-refractivity contribution in [3.63, 3.8) is 0 Å². The molecule has 28 heavy (non-hydrogen) atoms. The normalized spacial score (nSPS) is 15.7. The number of ether oxygens (including phenoxy) is 1. The molecule has 3 aromatic rings. The van der Waals surface area contributed by atoms with E-state index in [0.29, 0.717) is 6.61 Å². The molecule has 0 aliphatic carbocycles. The Balaban J connectivity index is 1.95. The molecule has 0 bridgehead atoms. The lowest BCUT2D eigenvalue weighted by atomic mass is 9.94. The third-order valence-electron chi connectivity index (χ3n) is 4.87. The smallest absolute Gasteiger partial charge is 0.267 e. The molecule has 0 atom stereocenters. The van der Waals surface area contributed by atoms with Crippen molar-refractivity contribution in [2.75, 3.05) is 5.75 Å². The summed E-state index contributed by atoms with van der Waals surface area (Å²) in [4.78, 5) is 20.6. The Hall–Kier alpha value is -1.15. The molecule has 2 aromatic heterocycles. The summed E-state index contributed by atoms with van der Waals surface area (Å²) < 4.78 is 8.69. The van der Waals surface area contributed by atoms with Crippen molar-refractivity contribution in [2.45, 2.75) is 57.4 Å². The van der Waals surface area contributed by atoms with Crippen molar-refractivity contribution in [3.8, 4) is 5.69 Å². The Labute approximate surface area is 181 Å². The molecule has 7 heteroatoms. The number of thioether (sulfide) groups is 1. The van der Waals surface area contributed by atoms with Crippen LogP contribution in [0.3, 0.4) is 0 Å². The van der Waals surface area contributed by atoms with E-state index in [0.717, 1.165) is 61.0 Å². The monoisotopic (exact) mass is 478 g/mol. The maximum Gasteiger partial charge on any atom is 0.267 e. The fraction of sp³-hybridized carbons (Fsp3) is 0.429. The first-order valence-corrected chi connectivity index (χ1v) is 12.1. The van der Waals surface area contributed by atoms with Gasteiger partial charge in [0.25, 0.3) is 5.56 Å². The van der Waals surface area contributed by atoms with Crippen LogP contribution < -0.4 is 5.56 Å². The first-order valence-electron chi connectivity index (χ1n) is 9.49. The first kappa shape index (κ1) is 20.1. The van der Waals surface area contributed by atoms with E-state index < -0.39 is 0 Å². The van der Waals surface area contributed by atoms with Crippen molar-refractivity contribution >= 4 is 49.2 Å². The summed E-state index contributed by atoms with van der Waals surface area (Å²) >= 11 is 6.79. The molecule has 3 heterocycles. The number of benzene rings is 1. The quantitative estimate of drug-likeness (QED) is 0.258. The summed E-state index contributed by atoms with van der Waals surface area (Å²) in [6, 6.07) is 7.87. The van der Waals surface area contributed by atoms with E-state index in [1.165, 1.54) is 0 Å². The van der Waals surface area contributed by atoms with Gasteiger partial charge in [-0.3, -0.25) is 9.36 Å². The van der Waals surface area contributed by atoms with E-state index in [1.807, 2.05) is 24.3 Å². The molecule has 1 aromatic carbocycles. The molecular weight excluding hydrogens is 456 g/mol. The maximum absolute atomic E-state index is 13.7. The summed E-state index contributed by atoms with van der Waals surface area (Å²) in [7, 11) is 0. The molecule has 0 saturated carbocycles. The van der Waals surface area contributed by atoms with Gasteiger partial charge in [-0.05, 0) is 44.0 Å². The van der Waals surface area contributed by atoms with Crippen LogP contribution in [-0.2, 0) is 17.8 Å². The minimum Gasteiger partial charge on any atom is -0.370 e. The Bertz CT molecular complexity index is 1090. The number of hydrogen-bond donors (Lipinski definition) is 0. The number of hydrogen-bond acceptors (Lipinski definition) is 5. The number of unbranched alkanes of at least 4 members (excludes halogenated alkanes) is 1. The predicted molar refractivity (Wildman–Crippen MR) is 121 cm³/mol. The zero-order chi connectivity index (χ0) is 19.9. The minimum absolute atomic E-state index is 0.0253. The topological polar surface area (TPSA) is 44.1 Å². The van der Waals surface area contributed by atoms with Crippen LogP contribution >= 0.6 is 39.0 Å². The zero-order valence-electron chi connectivity index (χ0n) is 16.3. The molecule has 0 saturated heterocycles. The summed E-state index contributed by atoms with van der Waals surface area (Å²) in [5, 5.41) is 1.53. The van der Waals surface area contributed by atoms with E-state index in [2.05, 4.69) is 36.7 Å². The van der Waals surface area contributed by atoms with Crippen LogP contribution in [-0.4, -0.2) is 20.9 Å². The van der Waals surface area contributed by atoms with Gasteiger partial charge in [0, 0.05) is 21.5 Å². The Morgan fingerprint density at radius 3 is 2.96 bits per heavy atom. The summed E-state index contributed by atoms with van der Waals surface area (Å²) in [5.74, 6) is 0.948. The summed E-state index contributed by atoms with van der Waals surface area (Å²) in [6.07, 6.45) is 2.95. The van der Waals surface area contributed by atoms with Gasteiger partial charge in [0.15, 0.2) is 5.16 Å². The second-order valence-corrected chi connectivity index (χ2v) is 10.7. The Kier molecular flexibility index (Phi) is 5.71.